The van der Waals surface area contributed by atoms with Gasteiger partial charge in [0, 0.05) is 12.1 Å². The van der Waals surface area contributed by atoms with Crippen LogP contribution in [0.4, 0.5) is 0 Å². The molecule has 1 aromatic heterocycles. The summed E-state index contributed by atoms with van der Waals surface area (Å²) in [6.07, 6.45) is 1.93. The Morgan fingerprint density at radius 2 is 1.95 bits per heavy atom. The minimum Gasteiger partial charge on any atom is -0.378 e. The molecule has 4 nitrogen and oxygen atoms in total. The number of H-pyrrole nitrogens is 1. The number of morpholine rings is 1. The Kier molecular flexibility index (Phi) is 3.59. The summed E-state index contributed by atoms with van der Waals surface area (Å²) in [6.45, 7) is 8.77. The number of ether oxygens (including phenoxy) is 1. The van der Waals surface area contributed by atoms with Crippen LogP contribution >= 0.6 is 0 Å². The molecule has 1 saturated heterocycles. The second kappa shape index (κ2) is 5.38. The molecule has 1 aliphatic heterocycles. The van der Waals surface area contributed by atoms with E-state index in [1.54, 1.807) is 0 Å². The van der Waals surface area contributed by atoms with Gasteiger partial charge in [0.1, 0.15) is 5.82 Å². The van der Waals surface area contributed by atoms with Crippen molar-refractivity contribution >= 4 is 0 Å². The van der Waals surface area contributed by atoms with Gasteiger partial charge in [-0.05, 0) is 31.9 Å². The number of hydrogen-bond acceptors (Lipinski definition) is 3. The van der Waals surface area contributed by atoms with Crippen LogP contribution < -0.4 is 5.32 Å². The summed E-state index contributed by atoms with van der Waals surface area (Å²) in [5, 5.41) is 3.42. The van der Waals surface area contributed by atoms with E-state index < -0.39 is 0 Å². The van der Waals surface area contributed by atoms with Gasteiger partial charge in [0.25, 0.3) is 0 Å². The molecule has 2 heterocycles. The predicted octanol–water partition coefficient (Wildman–Crippen LogP) is 2.66. The van der Waals surface area contributed by atoms with Crippen molar-refractivity contribution < 1.29 is 4.74 Å². The average Bonchev–Trinajstić information content (AvgIpc) is 2.88. The summed E-state index contributed by atoms with van der Waals surface area (Å²) in [5.74, 6) is 0.957. The molecule has 3 rings (SSSR count). The predicted molar refractivity (Wildman–Crippen MR) is 79.8 cm³/mol. The standard InChI is InChI=1S/C16H21N3O/c1-10-6-11(2)15(12(3)7-10)13-8-18-16(19-13)14-9-20-5-4-17-14/h6-8,14,17H,4-5,9H2,1-3H3,(H,18,19). The van der Waals surface area contributed by atoms with Crippen LogP contribution in [0.25, 0.3) is 11.3 Å². The largest absolute Gasteiger partial charge is 0.378 e. The van der Waals surface area contributed by atoms with Crippen molar-refractivity contribution in [2.45, 2.75) is 26.8 Å². The van der Waals surface area contributed by atoms with Gasteiger partial charge in [0.2, 0.25) is 0 Å². The molecule has 1 aliphatic rings. The molecular weight excluding hydrogens is 250 g/mol. The second-order valence-electron chi connectivity index (χ2n) is 5.54. The zero-order chi connectivity index (χ0) is 14.1. The van der Waals surface area contributed by atoms with Crippen molar-refractivity contribution in [2.24, 2.45) is 0 Å². The normalized spacial score (nSPS) is 19.2. The summed E-state index contributed by atoms with van der Waals surface area (Å²) in [6, 6.07) is 4.60. The minimum absolute atomic E-state index is 0.170. The molecule has 0 aliphatic carbocycles. The van der Waals surface area contributed by atoms with Gasteiger partial charge in [0.15, 0.2) is 0 Å². The third kappa shape index (κ3) is 2.49. The minimum atomic E-state index is 0.170. The van der Waals surface area contributed by atoms with Gasteiger partial charge in [-0.2, -0.15) is 0 Å². The second-order valence-corrected chi connectivity index (χ2v) is 5.54. The van der Waals surface area contributed by atoms with E-state index in [4.69, 9.17) is 4.74 Å². The fraction of sp³-hybridized carbons (Fsp3) is 0.438. The molecule has 0 saturated carbocycles. The highest BCUT2D eigenvalue weighted by Crippen LogP contribution is 2.28. The lowest BCUT2D eigenvalue weighted by molar-refractivity contribution is 0.0745. The third-order valence-corrected chi connectivity index (χ3v) is 3.79. The van der Waals surface area contributed by atoms with Gasteiger partial charge in [-0.25, -0.2) is 4.98 Å². The lowest BCUT2D eigenvalue weighted by Gasteiger charge is -2.21. The zero-order valence-corrected chi connectivity index (χ0v) is 12.3. The smallest absolute Gasteiger partial charge is 0.126 e. The van der Waals surface area contributed by atoms with Crippen molar-refractivity contribution in [3.63, 3.8) is 0 Å². The molecule has 1 aromatic carbocycles. The van der Waals surface area contributed by atoms with E-state index in [1.807, 2.05) is 6.20 Å². The quantitative estimate of drug-likeness (QED) is 0.883. The number of rotatable bonds is 2. The number of aryl methyl sites for hydroxylation is 3. The van der Waals surface area contributed by atoms with Gasteiger partial charge in [-0.15, -0.1) is 0 Å². The number of nitrogens with zero attached hydrogens (tertiary/aromatic N) is 1. The molecule has 1 atom stereocenters. The van der Waals surface area contributed by atoms with Crippen LogP contribution in [0.3, 0.4) is 0 Å². The van der Waals surface area contributed by atoms with Gasteiger partial charge in [-0.3, -0.25) is 0 Å². The molecule has 0 radical (unpaired) electrons. The Labute approximate surface area is 119 Å². The summed E-state index contributed by atoms with van der Waals surface area (Å²) >= 11 is 0. The first-order valence-corrected chi connectivity index (χ1v) is 7.09. The maximum absolute atomic E-state index is 5.49. The van der Waals surface area contributed by atoms with E-state index in [0.717, 1.165) is 24.7 Å². The fourth-order valence-electron chi connectivity index (χ4n) is 2.99. The number of nitrogens with one attached hydrogen (secondary N) is 2. The van der Waals surface area contributed by atoms with Crippen LogP contribution in [0.5, 0.6) is 0 Å². The first-order chi connectivity index (χ1) is 9.65. The molecule has 1 unspecified atom stereocenters. The molecule has 4 heteroatoms. The molecule has 1 fully saturated rings. The maximum Gasteiger partial charge on any atom is 0.126 e. The van der Waals surface area contributed by atoms with Crippen molar-refractivity contribution in [1.29, 1.82) is 0 Å². The molecule has 0 bridgehead atoms. The molecular formula is C16H21N3O. The van der Waals surface area contributed by atoms with Crippen molar-refractivity contribution in [1.82, 2.24) is 15.3 Å². The zero-order valence-electron chi connectivity index (χ0n) is 12.3. The summed E-state index contributed by atoms with van der Waals surface area (Å²) < 4.78 is 5.49. The first-order valence-electron chi connectivity index (χ1n) is 7.09. The maximum atomic E-state index is 5.49. The lowest BCUT2D eigenvalue weighted by atomic mass is 9.98. The van der Waals surface area contributed by atoms with Crippen LogP contribution in [0, 0.1) is 20.8 Å². The van der Waals surface area contributed by atoms with Crippen LogP contribution in [0.2, 0.25) is 0 Å². The Hall–Kier alpha value is -1.65. The highest BCUT2D eigenvalue weighted by atomic mass is 16.5. The van der Waals surface area contributed by atoms with Crippen molar-refractivity contribution in [2.75, 3.05) is 19.8 Å². The van der Waals surface area contributed by atoms with Crippen LogP contribution in [0.15, 0.2) is 18.3 Å². The van der Waals surface area contributed by atoms with E-state index >= 15 is 0 Å². The molecule has 2 N–H and O–H groups in total. The van der Waals surface area contributed by atoms with Gasteiger partial charge in [0.05, 0.1) is 31.1 Å². The van der Waals surface area contributed by atoms with Gasteiger partial charge >= 0.3 is 0 Å². The van der Waals surface area contributed by atoms with Crippen molar-refractivity contribution in [3.8, 4) is 11.3 Å². The topological polar surface area (TPSA) is 49.9 Å². The number of imidazole rings is 1. The number of benzene rings is 1. The Morgan fingerprint density at radius 1 is 1.20 bits per heavy atom. The van der Waals surface area contributed by atoms with Crippen LogP contribution in [-0.4, -0.2) is 29.7 Å². The third-order valence-electron chi connectivity index (χ3n) is 3.79. The molecule has 106 valence electrons. The fourth-order valence-corrected chi connectivity index (χ4v) is 2.99. The monoisotopic (exact) mass is 271 g/mol. The van der Waals surface area contributed by atoms with E-state index in [9.17, 15) is 0 Å². The molecule has 20 heavy (non-hydrogen) atoms. The van der Waals surface area contributed by atoms with Gasteiger partial charge < -0.3 is 15.0 Å². The summed E-state index contributed by atoms with van der Waals surface area (Å²) in [4.78, 5) is 7.97. The van der Waals surface area contributed by atoms with Crippen LogP contribution in [0.1, 0.15) is 28.6 Å². The highest BCUT2D eigenvalue weighted by Gasteiger charge is 2.19. The van der Waals surface area contributed by atoms with E-state index in [-0.39, 0.29) is 6.04 Å². The SMILES string of the molecule is Cc1cc(C)c(-c2cnc(C3COCCN3)[nH]2)c(C)c1. The van der Waals surface area contributed by atoms with Gasteiger partial charge in [-0.1, -0.05) is 17.7 Å². The Balaban J connectivity index is 1.94. The molecule has 0 spiro atoms. The van der Waals surface area contributed by atoms with E-state index in [0.29, 0.717) is 6.61 Å². The highest BCUT2D eigenvalue weighted by molar-refractivity contribution is 5.67. The Bertz CT molecular complexity index is 589. The van der Waals surface area contributed by atoms with E-state index in [2.05, 4.69) is 48.2 Å². The number of hydrogen-bond donors (Lipinski definition) is 2. The van der Waals surface area contributed by atoms with Crippen molar-refractivity contribution in [3.05, 3.63) is 40.8 Å². The molecule has 2 aromatic rings. The number of aromatic nitrogens is 2. The lowest BCUT2D eigenvalue weighted by Crippen LogP contribution is -2.35. The average molecular weight is 271 g/mol. The number of aromatic amines is 1. The van der Waals surface area contributed by atoms with Crippen LogP contribution in [-0.2, 0) is 4.74 Å². The Morgan fingerprint density at radius 3 is 2.60 bits per heavy atom. The summed E-state index contributed by atoms with van der Waals surface area (Å²) in [5.41, 5.74) is 6.20. The summed E-state index contributed by atoms with van der Waals surface area (Å²) in [7, 11) is 0. The van der Waals surface area contributed by atoms with E-state index in [1.165, 1.54) is 22.3 Å². The molecule has 0 amide bonds. The first kappa shape index (κ1) is 13.3.